The maximum Gasteiger partial charge on any atom is 0.280 e. The van der Waals surface area contributed by atoms with E-state index in [9.17, 15) is 14.3 Å². The Morgan fingerprint density at radius 3 is 3.00 bits per heavy atom. The Hall–Kier alpha value is -1.71. The van der Waals surface area contributed by atoms with Gasteiger partial charge in [-0.2, -0.15) is 4.98 Å². The predicted molar refractivity (Wildman–Crippen MR) is 77.3 cm³/mol. The lowest BCUT2D eigenvalue weighted by atomic mass is 9.90. The van der Waals surface area contributed by atoms with Crippen LogP contribution >= 0.6 is 11.6 Å². The van der Waals surface area contributed by atoms with Crippen LogP contribution in [0.3, 0.4) is 0 Å². The summed E-state index contributed by atoms with van der Waals surface area (Å²) in [6.45, 7) is 1.19. The second-order valence-electron chi connectivity index (χ2n) is 5.37. The van der Waals surface area contributed by atoms with Crippen molar-refractivity contribution in [3.63, 3.8) is 0 Å². The summed E-state index contributed by atoms with van der Waals surface area (Å²) in [5, 5.41) is 9.53. The SMILES string of the molecule is C[C@H]1[C@@H](F)[C@H](n2cnc3c(=O)[nH]c(N)nc32)O[C@@]1(CO)CCl. The van der Waals surface area contributed by atoms with Crippen LogP contribution in [0.2, 0.25) is 0 Å². The van der Waals surface area contributed by atoms with Crippen LogP contribution < -0.4 is 11.3 Å². The van der Waals surface area contributed by atoms with E-state index in [1.165, 1.54) is 10.9 Å². The summed E-state index contributed by atoms with van der Waals surface area (Å²) in [6.07, 6.45) is -1.29. The fraction of sp³-hybridized carbons (Fsp3) is 0.583. The molecule has 4 N–H and O–H groups in total. The zero-order valence-corrected chi connectivity index (χ0v) is 12.4. The minimum Gasteiger partial charge on any atom is -0.393 e. The molecule has 3 heterocycles. The highest BCUT2D eigenvalue weighted by molar-refractivity contribution is 6.18. The quantitative estimate of drug-likeness (QED) is 0.690. The molecule has 0 aliphatic carbocycles. The number of fused-ring (bicyclic) bond motifs is 1. The van der Waals surface area contributed by atoms with Crippen molar-refractivity contribution in [2.75, 3.05) is 18.2 Å². The molecule has 0 amide bonds. The number of anilines is 1. The molecule has 0 aromatic carbocycles. The van der Waals surface area contributed by atoms with E-state index in [0.717, 1.165) is 0 Å². The van der Waals surface area contributed by atoms with Crippen LogP contribution in [0.25, 0.3) is 11.2 Å². The average molecular weight is 332 g/mol. The van der Waals surface area contributed by atoms with Gasteiger partial charge in [-0.15, -0.1) is 11.6 Å². The van der Waals surface area contributed by atoms with Crippen molar-refractivity contribution in [2.45, 2.75) is 24.9 Å². The molecule has 3 rings (SSSR count). The second kappa shape index (κ2) is 5.18. The van der Waals surface area contributed by atoms with E-state index in [2.05, 4.69) is 15.0 Å². The average Bonchev–Trinajstić information content (AvgIpc) is 3.01. The van der Waals surface area contributed by atoms with E-state index >= 15 is 0 Å². The highest BCUT2D eigenvalue weighted by Crippen LogP contribution is 2.44. The maximum atomic E-state index is 14.7. The van der Waals surface area contributed by atoms with Gasteiger partial charge in [0.1, 0.15) is 5.60 Å². The zero-order valence-electron chi connectivity index (χ0n) is 11.7. The lowest BCUT2D eigenvalue weighted by Crippen LogP contribution is -2.41. The van der Waals surface area contributed by atoms with Crippen molar-refractivity contribution < 1.29 is 14.2 Å². The van der Waals surface area contributed by atoms with Crippen molar-refractivity contribution in [1.29, 1.82) is 0 Å². The molecule has 0 unspecified atom stereocenters. The van der Waals surface area contributed by atoms with E-state index in [4.69, 9.17) is 22.1 Å². The maximum absolute atomic E-state index is 14.7. The third-order valence-electron chi connectivity index (χ3n) is 4.15. The van der Waals surface area contributed by atoms with Gasteiger partial charge < -0.3 is 15.6 Å². The Kier molecular flexibility index (Phi) is 3.58. The van der Waals surface area contributed by atoms with Gasteiger partial charge in [0.25, 0.3) is 5.56 Å². The molecule has 0 saturated carbocycles. The van der Waals surface area contributed by atoms with Crippen molar-refractivity contribution in [1.82, 2.24) is 19.5 Å². The number of nitrogens with one attached hydrogen (secondary N) is 1. The molecular formula is C12H15ClFN5O3. The highest BCUT2D eigenvalue weighted by Gasteiger charge is 2.53. The molecule has 0 bridgehead atoms. The Balaban J connectivity index is 2.11. The molecule has 1 fully saturated rings. The Bertz CT molecular complexity index is 759. The largest absolute Gasteiger partial charge is 0.393 e. The standard InChI is InChI=1S/C12H15ClFN5O3/c1-5-6(14)10(22-12(5,2-13)3-20)19-4-16-7-8(19)17-11(15)18-9(7)21/h4-6,10,20H,2-3H2,1H3,(H3,15,17,18,21)/t5-,6+,10+,12+/m0/s1. The Labute approximate surface area is 129 Å². The predicted octanol–water partition coefficient (Wildman–Crippen LogP) is 0.175. The molecule has 1 aliphatic rings. The van der Waals surface area contributed by atoms with Gasteiger partial charge in [0.05, 0.1) is 18.8 Å². The fourth-order valence-electron chi connectivity index (χ4n) is 2.67. The molecular weight excluding hydrogens is 317 g/mol. The van der Waals surface area contributed by atoms with Gasteiger partial charge in [0, 0.05) is 5.92 Å². The summed E-state index contributed by atoms with van der Waals surface area (Å²) in [5.74, 6) is -0.812. The summed E-state index contributed by atoms with van der Waals surface area (Å²) >= 11 is 5.85. The fourth-order valence-corrected chi connectivity index (χ4v) is 3.06. The van der Waals surface area contributed by atoms with Gasteiger partial charge in [-0.05, 0) is 0 Å². The first-order valence-corrected chi connectivity index (χ1v) is 7.18. The number of nitrogens with zero attached hydrogens (tertiary/aromatic N) is 3. The molecule has 2 aromatic rings. The van der Waals surface area contributed by atoms with Gasteiger partial charge in [-0.25, -0.2) is 9.37 Å². The minimum absolute atomic E-state index is 0.0324. The highest BCUT2D eigenvalue weighted by atomic mass is 35.5. The number of aliphatic hydroxyl groups excluding tert-OH is 1. The molecule has 1 aliphatic heterocycles. The van der Waals surface area contributed by atoms with Gasteiger partial charge in [0.15, 0.2) is 23.6 Å². The number of ether oxygens (including phenoxy) is 1. The molecule has 0 spiro atoms. The zero-order chi connectivity index (χ0) is 16.1. The normalized spacial score (nSPS) is 31.9. The number of imidazole rings is 1. The number of H-pyrrole nitrogens is 1. The lowest BCUT2D eigenvalue weighted by Gasteiger charge is -2.28. The van der Waals surface area contributed by atoms with E-state index in [1.807, 2.05) is 0 Å². The second-order valence-corrected chi connectivity index (χ2v) is 5.64. The van der Waals surface area contributed by atoms with Crippen molar-refractivity contribution in [3.8, 4) is 0 Å². The van der Waals surface area contributed by atoms with Gasteiger partial charge in [-0.1, -0.05) is 6.92 Å². The summed E-state index contributed by atoms with van der Waals surface area (Å²) in [6, 6.07) is 0. The number of hydrogen-bond acceptors (Lipinski definition) is 6. The van der Waals surface area contributed by atoms with Gasteiger partial charge in [0.2, 0.25) is 5.95 Å². The molecule has 2 aromatic heterocycles. The number of hydrogen-bond donors (Lipinski definition) is 3. The third kappa shape index (κ3) is 2.00. The van der Waals surface area contributed by atoms with Crippen molar-refractivity contribution in [3.05, 3.63) is 16.7 Å². The number of alkyl halides is 2. The van der Waals surface area contributed by atoms with Gasteiger partial charge >= 0.3 is 0 Å². The summed E-state index contributed by atoms with van der Waals surface area (Å²) in [4.78, 5) is 22.0. The number of rotatable bonds is 3. The molecule has 4 atom stereocenters. The molecule has 10 heteroatoms. The molecule has 1 saturated heterocycles. The third-order valence-corrected chi connectivity index (χ3v) is 4.61. The number of halogens is 2. The number of nitrogens with two attached hydrogens (primary N) is 1. The van der Waals surface area contributed by atoms with E-state index in [1.54, 1.807) is 6.92 Å². The first-order valence-electron chi connectivity index (χ1n) is 6.64. The number of aromatic nitrogens is 4. The Morgan fingerprint density at radius 2 is 2.41 bits per heavy atom. The number of aromatic amines is 1. The van der Waals surface area contributed by atoms with E-state index in [0.29, 0.717) is 0 Å². The first-order chi connectivity index (χ1) is 10.4. The van der Waals surface area contributed by atoms with Crippen LogP contribution in [0.5, 0.6) is 0 Å². The monoisotopic (exact) mass is 331 g/mol. The summed E-state index contributed by atoms with van der Waals surface area (Å²) in [5.41, 5.74) is 3.94. The van der Waals surface area contributed by atoms with Crippen LogP contribution in [0.15, 0.2) is 11.1 Å². The lowest BCUT2D eigenvalue weighted by molar-refractivity contribution is -0.0979. The topological polar surface area (TPSA) is 119 Å². The summed E-state index contributed by atoms with van der Waals surface area (Å²) < 4.78 is 21.6. The van der Waals surface area contributed by atoms with Crippen LogP contribution in [-0.4, -0.2) is 48.9 Å². The Morgan fingerprint density at radius 1 is 1.68 bits per heavy atom. The van der Waals surface area contributed by atoms with E-state index < -0.39 is 36.1 Å². The molecule has 120 valence electrons. The van der Waals surface area contributed by atoms with Crippen LogP contribution in [0.4, 0.5) is 10.3 Å². The molecule has 8 nitrogen and oxygen atoms in total. The van der Waals surface area contributed by atoms with Crippen LogP contribution in [-0.2, 0) is 4.74 Å². The smallest absolute Gasteiger partial charge is 0.280 e. The minimum atomic E-state index is -1.45. The van der Waals surface area contributed by atoms with Crippen LogP contribution in [0.1, 0.15) is 13.2 Å². The number of aliphatic hydroxyl groups is 1. The molecule has 22 heavy (non-hydrogen) atoms. The van der Waals surface area contributed by atoms with Crippen LogP contribution in [0, 0.1) is 5.92 Å². The van der Waals surface area contributed by atoms with Gasteiger partial charge in [-0.3, -0.25) is 14.3 Å². The molecule has 0 radical (unpaired) electrons. The van der Waals surface area contributed by atoms with Crippen molar-refractivity contribution >= 4 is 28.7 Å². The number of nitrogen functional groups attached to an aromatic ring is 1. The first kappa shape index (κ1) is 15.2. The van der Waals surface area contributed by atoms with Crippen molar-refractivity contribution in [2.24, 2.45) is 5.92 Å². The summed E-state index contributed by atoms with van der Waals surface area (Å²) in [7, 11) is 0. The van der Waals surface area contributed by atoms with E-state index in [-0.39, 0.29) is 23.0 Å².